The Labute approximate surface area is 190 Å². The molecule has 176 valence electrons. The van der Waals surface area contributed by atoms with Crippen molar-refractivity contribution in [1.29, 1.82) is 0 Å². The lowest BCUT2D eigenvalue weighted by atomic mass is 9.80. The summed E-state index contributed by atoms with van der Waals surface area (Å²) >= 11 is 0. The van der Waals surface area contributed by atoms with Crippen molar-refractivity contribution in [2.24, 2.45) is 16.9 Å². The highest BCUT2D eigenvalue weighted by atomic mass is 19.1. The van der Waals surface area contributed by atoms with Crippen LogP contribution in [0.5, 0.6) is 0 Å². The van der Waals surface area contributed by atoms with Gasteiger partial charge in [-0.05, 0) is 66.8 Å². The van der Waals surface area contributed by atoms with Crippen LogP contribution < -0.4 is 11.5 Å². The minimum atomic E-state index is -1.18. The Morgan fingerprint density at radius 1 is 1.03 bits per heavy atom. The zero-order valence-electron chi connectivity index (χ0n) is 19.1. The lowest BCUT2D eigenvalue weighted by Gasteiger charge is -2.26. The first-order chi connectivity index (χ1) is 15.1. The molecule has 2 rings (SSSR count). The lowest BCUT2D eigenvalue weighted by molar-refractivity contribution is -0.128. The van der Waals surface area contributed by atoms with Gasteiger partial charge in [0, 0.05) is 18.5 Å². The van der Waals surface area contributed by atoms with Crippen LogP contribution in [-0.4, -0.2) is 29.1 Å². The molecule has 32 heavy (non-hydrogen) atoms. The number of ketones is 1. The fourth-order valence-electron chi connectivity index (χ4n) is 3.90. The van der Waals surface area contributed by atoms with Crippen LogP contribution in [0.3, 0.4) is 0 Å². The first-order valence-electron chi connectivity index (χ1n) is 11.3. The van der Waals surface area contributed by atoms with Crippen LogP contribution in [-0.2, 0) is 17.6 Å². The van der Waals surface area contributed by atoms with E-state index in [0.29, 0.717) is 24.8 Å². The number of hydrogen-bond donors (Lipinski definition) is 3. The van der Waals surface area contributed by atoms with E-state index in [2.05, 4.69) is 13.8 Å². The number of aliphatic hydroxyl groups excluding tert-OH is 1. The van der Waals surface area contributed by atoms with E-state index in [-0.39, 0.29) is 30.1 Å². The first kappa shape index (κ1) is 26.1. The van der Waals surface area contributed by atoms with Gasteiger partial charge in [-0.3, -0.25) is 4.79 Å². The molecule has 0 bridgehead atoms. The predicted octanol–water partition coefficient (Wildman–Crippen LogP) is 4.31. The SMILES string of the molecule is CC(C)(CCCC(N)Cc1cc(F)ccc1F)CCC(=O)C(O)C(N)Cc1ccccc1. The minimum Gasteiger partial charge on any atom is -0.384 e. The predicted molar refractivity (Wildman–Crippen MR) is 124 cm³/mol. The van der Waals surface area contributed by atoms with Crippen molar-refractivity contribution in [3.63, 3.8) is 0 Å². The molecule has 0 aliphatic rings. The number of aliphatic hydroxyl groups is 1. The molecule has 0 aliphatic carbocycles. The summed E-state index contributed by atoms with van der Waals surface area (Å²) in [6, 6.07) is 12.1. The van der Waals surface area contributed by atoms with Crippen LogP contribution in [0.15, 0.2) is 48.5 Å². The van der Waals surface area contributed by atoms with Crippen molar-refractivity contribution in [2.75, 3.05) is 0 Å². The molecule has 0 fully saturated rings. The number of benzene rings is 2. The van der Waals surface area contributed by atoms with Crippen molar-refractivity contribution in [3.05, 3.63) is 71.3 Å². The van der Waals surface area contributed by atoms with Gasteiger partial charge in [0.05, 0.1) is 0 Å². The molecule has 2 aromatic carbocycles. The molecule has 0 aliphatic heterocycles. The van der Waals surface area contributed by atoms with Gasteiger partial charge in [0.2, 0.25) is 0 Å². The highest BCUT2D eigenvalue weighted by Crippen LogP contribution is 2.30. The summed E-state index contributed by atoms with van der Waals surface area (Å²) in [5, 5.41) is 10.3. The molecule has 0 saturated carbocycles. The Hall–Kier alpha value is -2.15. The van der Waals surface area contributed by atoms with Gasteiger partial charge < -0.3 is 16.6 Å². The Morgan fingerprint density at radius 3 is 2.41 bits per heavy atom. The van der Waals surface area contributed by atoms with Gasteiger partial charge in [0.15, 0.2) is 5.78 Å². The first-order valence-corrected chi connectivity index (χ1v) is 11.3. The topological polar surface area (TPSA) is 89.3 Å². The van der Waals surface area contributed by atoms with E-state index in [4.69, 9.17) is 11.5 Å². The number of Topliss-reactive ketones (excluding diaryl/α,β-unsaturated/α-hetero) is 1. The van der Waals surface area contributed by atoms with E-state index in [1.165, 1.54) is 6.07 Å². The molecule has 0 aromatic heterocycles. The highest BCUT2D eigenvalue weighted by molar-refractivity contribution is 5.83. The maximum Gasteiger partial charge on any atom is 0.162 e. The van der Waals surface area contributed by atoms with E-state index in [1.54, 1.807) is 0 Å². The third kappa shape index (κ3) is 8.77. The van der Waals surface area contributed by atoms with Crippen LogP contribution >= 0.6 is 0 Å². The molecule has 6 heteroatoms. The van der Waals surface area contributed by atoms with Gasteiger partial charge in [-0.25, -0.2) is 8.78 Å². The molecule has 0 radical (unpaired) electrons. The van der Waals surface area contributed by atoms with Crippen LogP contribution in [0.4, 0.5) is 8.78 Å². The summed E-state index contributed by atoms with van der Waals surface area (Å²) in [6.45, 7) is 4.16. The Kier molecular flexibility index (Phi) is 9.94. The average Bonchev–Trinajstić information content (AvgIpc) is 2.74. The fourth-order valence-corrected chi connectivity index (χ4v) is 3.90. The quantitative estimate of drug-likeness (QED) is 0.428. The Balaban J connectivity index is 1.72. The van der Waals surface area contributed by atoms with Gasteiger partial charge in [-0.15, -0.1) is 0 Å². The molecule has 4 nitrogen and oxygen atoms in total. The van der Waals surface area contributed by atoms with E-state index in [0.717, 1.165) is 30.5 Å². The number of halogens is 2. The van der Waals surface area contributed by atoms with E-state index in [1.807, 2.05) is 30.3 Å². The van der Waals surface area contributed by atoms with Gasteiger partial charge in [-0.2, -0.15) is 0 Å². The van der Waals surface area contributed by atoms with Gasteiger partial charge in [-0.1, -0.05) is 50.6 Å². The summed E-state index contributed by atoms with van der Waals surface area (Å²) < 4.78 is 27.1. The minimum absolute atomic E-state index is 0.108. The van der Waals surface area contributed by atoms with Gasteiger partial charge in [0.25, 0.3) is 0 Å². The second-order valence-electron chi connectivity index (χ2n) is 9.52. The van der Waals surface area contributed by atoms with Crippen LogP contribution in [0, 0.1) is 17.0 Å². The number of carbonyl (C=O) groups excluding carboxylic acids is 1. The molecule has 5 N–H and O–H groups in total. The zero-order valence-corrected chi connectivity index (χ0v) is 19.1. The monoisotopic (exact) mass is 446 g/mol. The maximum absolute atomic E-state index is 13.8. The third-order valence-corrected chi connectivity index (χ3v) is 6.02. The van der Waals surface area contributed by atoms with Crippen molar-refractivity contribution in [3.8, 4) is 0 Å². The molecule has 0 saturated heterocycles. The van der Waals surface area contributed by atoms with Gasteiger partial charge >= 0.3 is 0 Å². The number of carbonyl (C=O) groups is 1. The zero-order chi connectivity index (χ0) is 23.7. The Bertz CT molecular complexity index is 858. The second kappa shape index (κ2) is 12.2. The van der Waals surface area contributed by atoms with Crippen LogP contribution in [0.25, 0.3) is 0 Å². The van der Waals surface area contributed by atoms with E-state index >= 15 is 0 Å². The van der Waals surface area contributed by atoms with Crippen LogP contribution in [0.1, 0.15) is 57.1 Å². The second-order valence-corrected chi connectivity index (χ2v) is 9.52. The maximum atomic E-state index is 13.8. The largest absolute Gasteiger partial charge is 0.384 e. The molecular formula is C26H36F2N2O2. The molecule has 0 amide bonds. The number of hydrogen-bond acceptors (Lipinski definition) is 4. The average molecular weight is 447 g/mol. The summed E-state index contributed by atoms with van der Waals surface area (Å²) in [6.07, 6.45) is 2.78. The summed E-state index contributed by atoms with van der Waals surface area (Å²) in [5.74, 6) is -1.14. The van der Waals surface area contributed by atoms with Crippen molar-refractivity contribution in [1.82, 2.24) is 0 Å². The van der Waals surface area contributed by atoms with E-state index < -0.39 is 23.8 Å². The molecule has 2 aromatic rings. The highest BCUT2D eigenvalue weighted by Gasteiger charge is 2.26. The molecule has 0 spiro atoms. The van der Waals surface area contributed by atoms with Crippen molar-refractivity contribution < 1.29 is 18.7 Å². The molecule has 3 unspecified atom stereocenters. The summed E-state index contributed by atoms with van der Waals surface area (Å²) in [5.41, 5.74) is 13.3. The van der Waals surface area contributed by atoms with Gasteiger partial charge in [0.1, 0.15) is 17.7 Å². The standard InChI is InChI=1S/C26H36F2N2O2/c1-26(2,13-6-9-21(29)17-19-16-20(27)10-11-22(19)28)14-12-24(31)25(32)23(30)15-18-7-4-3-5-8-18/h3-5,7-8,10-11,16,21,23,25,32H,6,9,12-15,17,29-30H2,1-2H3. The lowest BCUT2D eigenvalue weighted by Crippen LogP contribution is -2.42. The van der Waals surface area contributed by atoms with Crippen LogP contribution in [0.2, 0.25) is 0 Å². The molecular weight excluding hydrogens is 410 g/mol. The molecule has 0 heterocycles. The van der Waals surface area contributed by atoms with Crippen molar-refractivity contribution in [2.45, 2.75) is 77.0 Å². The number of rotatable bonds is 13. The summed E-state index contributed by atoms with van der Waals surface area (Å²) in [7, 11) is 0. The normalized spacial score (nSPS) is 14.7. The smallest absolute Gasteiger partial charge is 0.162 e. The third-order valence-electron chi connectivity index (χ3n) is 6.02. The van der Waals surface area contributed by atoms with Crippen molar-refractivity contribution >= 4 is 5.78 Å². The van der Waals surface area contributed by atoms with E-state index in [9.17, 15) is 18.7 Å². The fraction of sp³-hybridized carbons (Fsp3) is 0.500. The summed E-state index contributed by atoms with van der Waals surface area (Å²) in [4.78, 5) is 12.4. The number of nitrogens with two attached hydrogens (primary N) is 2. The molecule has 3 atom stereocenters. The Morgan fingerprint density at radius 2 is 1.72 bits per heavy atom.